The van der Waals surface area contributed by atoms with E-state index in [9.17, 15) is 9.59 Å². The van der Waals surface area contributed by atoms with Gasteiger partial charge in [-0.15, -0.1) is 0 Å². The van der Waals surface area contributed by atoms with Crippen molar-refractivity contribution in [1.82, 2.24) is 10.2 Å². The van der Waals surface area contributed by atoms with Crippen LogP contribution in [0.15, 0.2) is 54.6 Å². The van der Waals surface area contributed by atoms with Crippen molar-refractivity contribution in [1.29, 1.82) is 0 Å². The van der Waals surface area contributed by atoms with Gasteiger partial charge in [0.15, 0.2) is 0 Å². The van der Waals surface area contributed by atoms with Gasteiger partial charge in [-0.05, 0) is 36.5 Å². The molecule has 4 nitrogen and oxygen atoms in total. The lowest BCUT2D eigenvalue weighted by molar-refractivity contribution is -0.141. The minimum Gasteiger partial charge on any atom is -0.350 e. The Morgan fingerprint density at radius 3 is 2.35 bits per heavy atom. The molecular weight excluding hydrogens is 324 g/mol. The highest BCUT2D eigenvalue weighted by Gasteiger charge is 2.46. The lowest BCUT2D eigenvalue weighted by Crippen LogP contribution is -2.53. The molecule has 3 rings (SSSR count). The molecule has 2 amide bonds. The number of likely N-dealkylation sites (tertiary alicyclic amines) is 1. The topological polar surface area (TPSA) is 49.4 Å². The van der Waals surface area contributed by atoms with Gasteiger partial charge >= 0.3 is 0 Å². The average molecular weight is 350 g/mol. The zero-order chi connectivity index (χ0) is 18.6. The van der Waals surface area contributed by atoms with Crippen molar-refractivity contribution in [3.05, 3.63) is 71.3 Å². The number of hydrogen-bond acceptors (Lipinski definition) is 2. The second-order valence-electron chi connectivity index (χ2n) is 7.09. The van der Waals surface area contributed by atoms with Crippen LogP contribution in [0.5, 0.6) is 0 Å². The highest BCUT2D eigenvalue weighted by atomic mass is 16.2. The van der Waals surface area contributed by atoms with Crippen molar-refractivity contribution in [2.45, 2.75) is 51.7 Å². The molecule has 0 spiro atoms. The second-order valence-corrected chi connectivity index (χ2v) is 7.09. The number of nitrogens with one attached hydrogen (secondary N) is 1. The smallest absolute Gasteiger partial charge is 0.245 e. The van der Waals surface area contributed by atoms with Crippen LogP contribution in [0, 0.1) is 0 Å². The predicted octanol–water partition coefficient (Wildman–Crippen LogP) is 3.45. The van der Waals surface area contributed by atoms with Crippen molar-refractivity contribution in [2.24, 2.45) is 0 Å². The molecule has 1 aliphatic rings. The van der Waals surface area contributed by atoms with Crippen LogP contribution >= 0.6 is 0 Å². The fraction of sp³-hybridized carbons (Fsp3) is 0.364. The van der Waals surface area contributed by atoms with Crippen molar-refractivity contribution >= 4 is 11.8 Å². The lowest BCUT2D eigenvalue weighted by atomic mass is 9.96. The fourth-order valence-electron chi connectivity index (χ4n) is 3.43. The molecule has 136 valence electrons. The monoisotopic (exact) mass is 350 g/mol. The first-order valence-corrected chi connectivity index (χ1v) is 9.23. The molecule has 1 fully saturated rings. The van der Waals surface area contributed by atoms with Gasteiger partial charge in [-0.3, -0.25) is 9.59 Å². The quantitative estimate of drug-likeness (QED) is 0.867. The van der Waals surface area contributed by atoms with Crippen molar-refractivity contribution in [3.8, 4) is 0 Å². The fourth-order valence-corrected chi connectivity index (χ4v) is 3.43. The van der Waals surface area contributed by atoms with Gasteiger partial charge in [-0.25, -0.2) is 0 Å². The number of benzene rings is 2. The highest BCUT2D eigenvalue weighted by molar-refractivity contribution is 5.94. The predicted molar refractivity (Wildman–Crippen MR) is 102 cm³/mol. The van der Waals surface area contributed by atoms with E-state index in [4.69, 9.17) is 0 Å². The Kier molecular flexibility index (Phi) is 5.40. The van der Waals surface area contributed by atoms with E-state index < -0.39 is 5.54 Å². The third-order valence-electron chi connectivity index (χ3n) is 5.28. The van der Waals surface area contributed by atoms with E-state index in [-0.39, 0.29) is 11.8 Å². The Bertz CT molecular complexity index is 770. The molecule has 0 bridgehead atoms. The van der Waals surface area contributed by atoms with Crippen LogP contribution in [0.1, 0.15) is 43.4 Å². The van der Waals surface area contributed by atoms with Gasteiger partial charge in [0, 0.05) is 19.5 Å². The van der Waals surface area contributed by atoms with E-state index in [1.807, 2.05) is 49.4 Å². The average Bonchev–Trinajstić information content (AvgIpc) is 2.97. The zero-order valence-corrected chi connectivity index (χ0v) is 15.5. The first-order chi connectivity index (χ1) is 12.5. The van der Waals surface area contributed by atoms with Crippen LogP contribution in [0.4, 0.5) is 0 Å². The molecule has 1 N–H and O–H groups in total. The van der Waals surface area contributed by atoms with Crippen LogP contribution in [-0.2, 0) is 29.1 Å². The van der Waals surface area contributed by atoms with Crippen molar-refractivity contribution in [3.63, 3.8) is 0 Å². The highest BCUT2D eigenvalue weighted by Crippen LogP contribution is 2.32. The van der Waals surface area contributed by atoms with E-state index in [2.05, 4.69) is 24.4 Å². The first-order valence-electron chi connectivity index (χ1n) is 9.23. The molecule has 26 heavy (non-hydrogen) atoms. The van der Waals surface area contributed by atoms with Crippen molar-refractivity contribution in [2.75, 3.05) is 0 Å². The molecule has 2 aromatic rings. The third kappa shape index (κ3) is 3.79. The summed E-state index contributed by atoms with van der Waals surface area (Å²) in [5.41, 5.74) is 2.58. The summed E-state index contributed by atoms with van der Waals surface area (Å²) in [4.78, 5) is 27.1. The number of carbonyl (C=O) groups excluding carboxylic acids is 2. The largest absolute Gasteiger partial charge is 0.350 e. The Balaban J connectivity index is 1.70. The third-order valence-corrected chi connectivity index (χ3v) is 5.28. The standard InChI is InChI=1S/C22H26N2O2/c1-3-17-9-11-19(12-10-17)16-24-20(25)13-14-22(24,2)21(26)23-15-18-7-5-4-6-8-18/h4-12H,3,13-16H2,1-2H3,(H,23,26)/t22-/m0/s1. The van der Waals surface area contributed by atoms with E-state index in [0.717, 1.165) is 17.5 Å². The molecule has 0 aromatic heterocycles. The van der Waals surface area contributed by atoms with Crippen LogP contribution < -0.4 is 5.32 Å². The minimum absolute atomic E-state index is 0.0435. The summed E-state index contributed by atoms with van der Waals surface area (Å²) in [7, 11) is 0. The van der Waals surface area contributed by atoms with E-state index in [1.165, 1.54) is 5.56 Å². The molecule has 0 aliphatic carbocycles. The Labute approximate surface area is 155 Å². The van der Waals surface area contributed by atoms with E-state index in [1.54, 1.807) is 4.90 Å². The number of aryl methyl sites for hydroxylation is 1. The molecule has 1 atom stereocenters. The van der Waals surface area contributed by atoms with Gasteiger partial charge in [0.05, 0.1) is 0 Å². The second kappa shape index (κ2) is 7.73. The minimum atomic E-state index is -0.796. The molecule has 1 saturated heterocycles. The molecule has 2 aromatic carbocycles. The molecule has 0 saturated carbocycles. The molecule has 1 aliphatic heterocycles. The number of amides is 2. The number of rotatable bonds is 6. The molecular formula is C22H26N2O2. The van der Waals surface area contributed by atoms with Gasteiger partial charge < -0.3 is 10.2 Å². The Hall–Kier alpha value is -2.62. The summed E-state index contributed by atoms with van der Waals surface area (Å²) < 4.78 is 0. The Morgan fingerprint density at radius 2 is 1.69 bits per heavy atom. The van der Waals surface area contributed by atoms with Gasteiger partial charge in [-0.2, -0.15) is 0 Å². The molecule has 1 heterocycles. The normalized spacial score (nSPS) is 19.6. The number of hydrogen-bond donors (Lipinski definition) is 1. The molecule has 4 heteroatoms. The summed E-state index contributed by atoms with van der Waals surface area (Å²) >= 11 is 0. The van der Waals surface area contributed by atoms with Crippen LogP contribution in [0.3, 0.4) is 0 Å². The van der Waals surface area contributed by atoms with Gasteiger partial charge in [-0.1, -0.05) is 61.5 Å². The van der Waals surface area contributed by atoms with E-state index in [0.29, 0.717) is 25.9 Å². The summed E-state index contributed by atoms with van der Waals surface area (Å²) in [6, 6.07) is 18.1. The first kappa shape index (κ1) is 18.2. The maximum atomic E-state index is 12.9. The molecule has 0 unspecified atom stereocenters. The maximum Gasteiger partial charge on any atom is 0.245 e. The SMILES string of the molecule is CCc1ccc(CN2C(=O)CC[C@@]2(C)C(=O)NCc2ccccc2)cc1. The molecule has 0 radical (unpaired) electrons. The summed E-state index contributed by atoms with van der Waals surface area (Å²) in [5, 5.41) is 3.00. The van der Waals surface area contributed by atoms with E-state index >= 15 is 0 Å². The lowest BCUT2D eigenvalue weighted by Gasteiger charge is -2.34. The van der Waals surface area contributed by atoms with Crippen molar-refractivity contribution < 1.29 is 9.59 Å². The zero-order valence-electron chi connectivity index (χ0n) is 15.5. The Morgan fingerprint density at radius 1 is 1.04 bits per heavy atom. The van der Waals surface area contributed by atoms with Gasteiger partial charge in [0.25, 0.3) is 0 Å². The van der Waals surface area contributed by atoms with Crippen LogP contribution in [-0.4, -0.2) is 22.3 Å². The van der Waals surface area contributed by atoms with Crippen LogP contribution in [0.2, 0.25) is 0 Å². The van der Waals surface area contributed by atoms with Crippen LogP contribution in [0.25, 0.3) is 0 Å². The number of carbonyl (C=O) groups is 2. The maximum absolute atomic E-state index is 12.9. The summed E-state index contributed by atoms with van der Waals surface area (Å²) in [6.45, 7) is 4.94. The van der Waals surface area contributed by atoms with Gasteiger partial charge in [0.2, 0.25) is 11.8 Å². The summed E-state index contributed by atoms with van der Waals surface area (Å²) in [5.74, 6) is -0.0423. The number of nitrogens with zero attached hydrogens (tertiary/aromatic N) is 1. The summed E-state index contributed by atoms with van der Waals surface area (Å²) in [6.07, 6.45) is 1.96. The van der Waals surface area contributed by atoms with Gasteiger partial charge in [0.1, 0.15) is 5.54 Å².